The second-order valence-electron chi connectivity index (χ2n) is 6.80. The highest BCUT2D eigenvalue weighted by molar-refractivity contribution is 6.33. The van der Waals surface area contributed by atoms with Gasteiger partial charge in [-0.15, -0.1) is 0 Å². The molecule has 0 aliphatic carbocycles. The highest BCUT2D eigenvalue weighted by atomic mass is 35.5. The van der Waals surface area contributed by atoms with E-state index in [1.54, 1.807) is 18.3 Å². The Labute approximate surface area is 156 Å². The molecule has 0 fully saturated rings. The molecule has 0 saturated carbocycles. The lowest BCUT2D eigenvalue weighted by atomic mass is 10.1. The first-order valence-electron chi connectivity index (χ1n) is 8.11. The Morgan fingerprint density at radius 2 is 1.81 bits per heavy atom. The van der Waals surface area contributed by atoms with Gasteiger partial charge in [-0.2, -0.15) is 4.98 Å². The average molecular weight is 372 g/mol. The van der Waals surface area contributed by atoms with E-state index in [0.717, 1.165) is 5.69 Å². The number of nitrogens with zero attached hydrogens (tertiary/aromatic N) is 3. The van der Waals surface area contributed by atoms with Gasteiger partial charge in [-0.05, 0) is 51.1 Å². The van der Waals surface area contributed by atoms with Crippen LogP contribution in [0.2, 0.25) is 5.02 Å². The number of aromatic nitrogens is 3. The minimum Gasteiger partial charge on any atom is -0.350 e. The first-order chi connectivity index (χ1) is 12.3. The summed E-state index contributed by atoms with van der Waals surface area (Å²) in [5.41, 5.74) is 1.72. The Balaban J connectivity index is 2.01. The summed E-state index contributed by atoms with van der Waals surface area (Å²) >= 11 is 6.11. The molecule has 2 heterocycles. The maximum atomic E-state index is 13.3. The van der Waals surface area contributed by atoms with Crippen LogP contribution < -0.4 is 10.6 Å². The predicted molar refractivity (Wildman–Crippen MR) is 103 cm³/mol. The molecule has 0 saturated heterocycles. The van der Waals surface area contributed by atoms with E-state index in [1.807, 2.05) is 39.0 Å². The Kier molecular flexibility index (Phi) is 5.04. The fraction of sp³-hybridized carbons (Fsp3) is 0.211. The monoisotopic (exact) mass is 371 g/mol. The van der Waals surface area contributed by atoms with Gasteiger partial charge >= 0.3 is 0 Å². The van der Waals surface area contributed by atoms with Crippen molar-refractivity contribution >= 4 is 29.1 Å². The summed E-state index contributed by atoms with van der Waals surface area (Å²) in [6, 6.07) is 11.5. The maximum absolute atomic E-state index is 13.3. The van der Waals surface area contributed by atoms with Crippen LogP contribution in [0.25, 0.3) is 11.4 Å². The van der Waals surface area contributed by atoms with Crippen molar-refractivity contribution in [3.63, 3.8) is 0 Å². The van der Waals surface area contributed by atoms with Crippen LogP contribution in [0.1, 0.15) is 20.8 Å². The Morgan fingerprint density at radius 1 is 1.00 bits per heavy atom. The van der Waals surface area contributed by atoms with E-state index < -0.39 is 5.82 Å². The lowest BCUT2D eigenvalue weighted by Gasteiger charge is -2.21. The Bertz CT molecular complexity index is 910. The summed E-state index contributed by atoms with van der Waals surface area (Å²) in [6.45, 7) is 6.06. The summed E-state index contributed by atoms with van der Waals surface area (Å²) in [5.74, 6) is 0.592. The van der Waals surface area contributed by atoms with Crippen molar-refractivity contribution in [1.29, 1.82) is 0 Å². The molecular formula is C19H19ClFN5. The van der Waals surface area contributed by atoms with Crippen molar-refractivity contribution in [3.05, 3.63) is 59.5 Å². The lowest BCUT2D eigenvalue weighted by molar-refractivity contribution is 0.626. The van der Waals surface area contributed by atoms with Crippen molar-refractivity contribution in [2.75, 3.05) is 10.6 Å². The number of hydrogen-bond donors (Lipinski definition) is 2. The largest absolute Gasteiger partial charge is 0.350 e. The van der Waals surface area contributed by atoms with Gasteiger partial charge in [-0.3, -0.25) is 4.98 Å². The third kappa shape index (κ3) is 4.67. The molecule has 7 heteroatoms. The highest BCUT2D eigenvalue weighted by Crippen LogP contribution is 2.28. The standard InChI is InChI=1S/C19H19ClFN5/c1-19(2,3)26-18-24-16(15-6-4-5-9-22-15)11-17(25-18)23-14-8-7-12(21)10-13(14)20/h4-11H,1-3H3,(H2,23,24,25,26). The third-order valence-electron chi connectivity index (χ3n) is 3.33. The van der Waals surface area contributed by atoms with Crippen molar-refractivity contribution in [2.45, 2.75) is 26.3 Å². The first-order valence-corrected chi connectivity index (χ1v) is 8.49. The molecule has 0 unspecified atom stereocenters. The topological polar surface area (TPSA) is 62.7 Å². The van der Waals surface area contributed by atoms with Gasteiger partial charge in [0.1, 0.15) is 11.6 Å². The molecule has 5 nitrogen and oxygen atoms in total. The summed E-state index contributed by atoms with van der Waals surface area (Å²) in [7, 11) is 0. The lowest BCUT2D eigenvalue weighted by Crippen LogP contribution is -2.27. The van der Waals surface area contributed by atoms with Gasteiger partial charge in [0.05, 0.1) is 22.1 Å². The third-order valence-corrected chi connectivity index (χ3v) is 3.65. The van der Waals surface area contributed by atoms with E-state index in [-0.39, 0.29) is 10.6 Å². The zero-order valence-electron chi connectivity index (χ0n) is 14.7. The normalized spacial score (nSPS) is 11.3. The minimum absolute atomic E-state index is 0.215. The molecule has 0 amide bonds. The van der Waals surface area contributed by atoms with Gasteiger partial charge in [0.2, 0.25) is 5.95 Å². The van der Waals surface area contributed by atoms with E-state index >= 15 is 0 Å². The van der Waals surface area contributed by atoms with Crippen LogP contribution >= 0.6 is 11.6 Å². The summed E-state index contributed by atoms with van der Waals surface area (Å²) in [5, 5.41) is 6.65. The fourth-order valence-electron chi connectivity index (χ4n) is 2.28. The molecule has 3 rings (SSSR count). The van der Waals surface area contributed by atoms with Crippen LogP contribution in [0.15, 0.2) is 48.7 Å². The molecule has 0 radical (unpaired) electrons. The maximum Gasteiger partial charge on any atom is 0.225 e. The number of anilines is 3. The number of nitrogens with one attached hydrogen (secondary N) is 2. The molecule has 0 bridgehead atoms. The molecule has 134 valence electrons. The molecule has 2 N–H and O–H groups in total. The molecule has 0 atom stereocenters. The quantitative estimate of drug-likeness (QED) is 0.652. The second-order valence-corrected chi connectivity index (χ2v) is 7.21. The molecule has 0 aliphatic rings. The number of pyridine rings is 1. The Morgan fingerprint density at radius 3 is 2.46 bits per heavy atom. The number of hydrogen-bond acceptors (Lipinski definition) is 5. The average Bonchev–Trinajstić information content (AvgIpc) is 2.56. The van der Waals surface area contributed by atoms with Crippen LogP contribution in [0.5, 0.6) is 0 Å². The second kappa shape index (κ2) is 7.25. The minimum atomic E-state index is -0.396. The molecule has 0 aliphatic heterocycles. The number of halogens is 2. The zero-order valence-corrected chi connectivity index (χ0v) is 15.5. The van der Waals surface area contributed by atoms with E-state index in [2.05, 4.69) is 25.6 Å². The molecule has 2 aromatic heterocycles. The highest BCUT2D eigenvalue weighted by Gasteiger charge is 2.15. The summed E-state index contributed by atoms with van der Waals surface area (Å²) in [6.07, 6.45) is 1.71. The Hall–Kier alpha value is -2.73. The SMILES string of the molecule is CC(C)(C)Nc1nc(Nc2ccc(F)cc2Cl)cc(-c2ccccn2)n1. The van der Waals surface area contributed by atoms with Crippen LogP contribution in [0, 0.1) is 5.82 Å². The van der Waals surface area contributed by atoms with Crippen molar-refractivity contribution in [3.8, 4) is 11.4 Å². The van der Waals surface area contributed by atoms with Gasteiger partial charge in [-0.25, -0.2) is 9.37 Å². The molecule has 0 spiro atoms. The van der Waals surface area contributed by atoms with Crippen LogP contribution in [-0.2, 0) is 0 Å². The summed E-state index contributed by atoms with van der Waals surface area (Å²) in [4.78, 5) is 13.4. The molecular weight excluding hydrogens is 353 g/mol. The number of rotatable bonds is 4. The first kappa shape index (κ1) is 18.1. The molecule has 1 aromatic carbocycles. The van der Waals surface area contributed by atoms with Crippen molar-refractivity contribution in [2.24, 2.45) is 0 Å². The van der Waals surface area contributed by atoms with E-state index in [1.165, 1.54) is 12.1 Å². The van der Waals surface area contributed by atoms with Crippen molar-refractivity contribution in [1.82, 2.24) is 15.0 Å². The fourth-order valence-corrected chi connectivity index (χ4v) is 2.49. The van der Waals surface area contributed by atoms with E-state index in [9.17, 15) is 4.39 Å². The predicted octanol–water partition coefficient (Wildman–Crippen LogP) is 5.29. The van der Waals surface area contributed by atoms with Crippen molar-refractivity contribution < 1.29 is 4.39 Å². The zero-order chi connectivity index (χ0) is 18.7. The van der Waals surface area contributed by atoms with E-state index in [4.69, 9.17) is 11.6 Å². The smallest absolute Gasteiger partial charge is 0.225 e. The van der Waals surface area contributed by atoms with Gasteiger partial charge in [0.15, 0.2) is 0 Å². The summed E-state index contributed by atoms with van der Waals surface area (Å²) < 4.78 is 13.3. The van der Waals surface area contributed by atoms with Gasteiger partial charge in [0, 0.05) is 17.8 Å². The van der Waals surface area contributed by atoms with Gasteiger partial charge in [-0.1, -0.05) is 17.7 Å². The van der Waals surface area contributed by atoms with Crippen LogP contribution in [0.4, 0.5) is 21.8 Å². The van der Waals surface area contributed by atoms with E-state index in [0.29, 0.717) is 23.1 Å². The molecule has 3 aromatic rings. The molecule has 26 heavy (non-hydrogen) atoms. The van der Waals surface area contributed by atoms with Crippen LogP contribution in [-0.4, -0.2) is 20.5 Å². The number of benzene rings is 1. The van der Waals surface area contributed by atoms with Crippen LogP contribution in [0.3, 0.4) is 0 Å². The van der Waals surface area contributed by atoms with Gasteiger partial charge < -0.3 is 10.6 Å². The van der Waals surface area contributed by atoms with Gasteiger partial charge in [0.25, 0.3) is 0 Å².